The SMILES string of the molecule is CCCCN1C(=O)[C@H]2[C@@H](C1=O)[C@@]1(N[C@@H]2Cc2ccc(O)c(O)c2)C(=O)Nc2c(Cl)cccc21. The minimum absolute atomic E-state index is 0.246. The van der Waals surface area contributed by atoms with Gasteiger partial charge in [0.05, 0.1) is 22.5 Å². The molecule has 1 spiro atoms. The van der Waals surface area contributed by atoms with Crippen LogP contribution in [0.3, 0.4) is 0 Å². The van der Waals surface area contributed by atoms with Gasteiger partial charge in [-0.3, -0.25) is 24.6 Å². The fourth-order valence-corrected chi connectivity index (χ4v) is 5.74. The number of aromatic hydroxyl groups is 2. The summed E-state index contributed by atoms with van der Waals surface area (Å²) < 4.78 is 0. The predicted molar refractivity (Wildman–Crippen MR) is 121 cm³/mol. The van der Waals surface area contributed by atoms with Gasteiger partial charge in [0.25, 0.3) is 0 Å². The van der Waals surface area contributed by atoms with Gasteiger partial charge in [-0.05, 0) is 36.6 Å². The summed E-state index contributed by atoms with van der Waals surface area (Å²) in [6.45, 7) is 2.30. The number of hydrogen-bond donors (Lipinski definition) is 4. The molecule has 5 rings (SSSR count). The van der Waals surface area contributed by atoms with Gasteiger partial charge < -0.3 is 15.5 Å². The zero-order valence-corrected chi connectivity index (χ0v) is 18.7. The molecule has 4 atom stereocenters. The fourth-order valence-electron chi connectivity index (χ4n) is 5.51. The van der Waals surface area contributed by atoms with E-state index in [4.69, 9.17) is 11.6 Å². The number of nitrogens with one attached hydrogen (secondary N) is 2. The van der Waals surface area contributed by atoms with E-state index in [-0.39, 0.29) is 29.7 Å². The number of rotatable bonds is 5. The second-order valence-corrected chi connectivity index (χ2v) is 9.29. The number of phenols is 2. The minimum Gasteiger partial charge on any atom is -0.504 e. The Kier molecular flexibility index (Phi) is 5.10. The molecule has 3 aliphatic rings. The summed E-state index contributed by atoms with van der Waals surface area (Å²) in [7, 11) is 0. The molecule has 9 heteroatoms. The molecule has 3 amide bonds. The number of nitrogens with zero attached hydrogens (tertiary/aromatic N) is 1. The number of likely N-dealkylation sites (tertiary alicyclic amines) is 1. The van der Waals surface area contributed by atoms with Crippen LogP contribution in [-0.2, 0) is 26.3 Å². The van der Waals surface area contributed by atoms with E-state index in [1.165, 1.54) is 17.0 Å². The van der Waals surface area contributed by atoms with Crippen molar-refractivity contribution in [2.75, 3.05) is 11.9 Å². The lowest BCUT2D eigenvalue weighted by molar-refractivity contribution is -0.142. The summed E-state index contributed by atoms with van der Waals surface area (Å²) in [5, 5.41) is 26.1. The zero-order chi connectivity index (χ0) is 23.5. The maximum atomic E-state index is 13.6. The Bertz CT molecular complexity index is 1180. The second kappa shape index (κ2) is 7.74. The van der Waals surface area contributed by atoms with E-state index in [0.29, 0.717) is 34.8 Å². The van der Waals surface area contributed by atoms with E-state index in [2.05, 4.69) is 10.6 Å². The number of carbonyl (C=O) groups excluding carboxylic acids is 3. The molecule has 8 nitrogen and oxygen atoms in total. The number of halogens is 1. The van der Waals surface area contributed by atoms with Gasteiger partial charge in [-0.25, -0.2) is 0 Å². The van der Waals surface area contributed by atoms with E-state index < -0.39 is 29.3 Å². The van der Waals surface area contributed by atoms with Crippen LogP contribution in [0, 0.1) is 11.8 Å². The van der Waals surface area contributed by atoms with Crippen molar-refractivity contribution in [3.05, 3.63) is 52.5 Å². The highest BCUT2D eigenvalue weighted by Crippen LogP contribution is 2.54. The van der Waals surface area contributed by atoms with Crippen molar-refractivity contribution >= 4 is 35.0 Å². The largest absolute Gasteiger partial charge is 0.504 e. The molecule has 0 saturated carbocycles. The van der Waals surface area contributed by atoms with Crippen LogP contribution in [0.4, 0.5) is 5.69 Å². The Morgan fingerprint density at radius 3 is 2.61 bits per heavy atom. The van der Waals surface area contributed by atoms with Crippen LogP contribution in [0.1, 0.15) is 30.9 Å². The van der Waals surface area contributed by atoms with Gasteiger partial charge in [-0.2, -0.15) is 0 Å². The minimum atomic E-state index is -1.41. The Morgan fingerprint density at radius 1 is 1.09 bits per heavy atom. The molecule has 0 unspecified atom stereocenters. The first-order valence-corrected chi connectivity index (χ1v) is 11.4. The summed E-state index contributed by atoms with van der Waals surface area (Å²) in [6, 6.07) is 9.04. The quantitative estimate of drug-likeness (QED) is 0.394. The number of phenolic OH excluding ortho intramolecular Hbond substituents is 2. The number of amides is 3. The molecule has 2 aromatic carbocycles. The van der Waals surface area contributed by atoms with Crippen molar-refractivity contribution in [1.29, 1.82) is 0 Å². The predicted octanol–water partition coefficient (Wildman–Crippen LogP) is 2.51. The topological polar surface area (TPSA) is 119 Å². The van der Waals surface area contributed by atoms with Gasteiger partial charge >= 0.3 is 0 Å². The maximum Gasteiger partial charge on any atom is 0.250 e. The van der Waals surface area contributed by atoms with Crippen molar-refractivity contribution in [3.8, 4) is 11.5 Å². The normalized spacial score (nSPS) is 27.9. The van der Waals surface area contributed by atoms with E-state index >= 15 is 0 Å². The average Bonchev–Trinajstić information content (AvgIpc) is 3.35. The Labute approximate surface area is 195 Å². The maximum absolute atomic E-state index is 13.6. The summed E-state index contributed by atoms with van der Waals surface area (Å²) in [6.07, 6.45) is 1.79. The van der Waals surface area contributed by atoms with Crippen LogP contribution in [0.5, 0.6) is 11.5 Å². The molecule has 0 aliphatic carbocycles. The number of anilines is 1. The molecule has 33 heavy (non-hydrogen) atoms. The van der Waals surface area contributed by atoms with E-state index in [1.807, 2.05) is 6.92 Å². The van der Waals surface area contributed by atoms with Crippen molar-refractivity contribution in [3.63, 3.8) is 0 Å². The highest BCUT2D eigenvalue weighted by molar-refractivity contribution is 6.35. The first-order chi connectivity index (χ1) is 15.8. The van der Waals surface area contributed by atoms with Gasteiger partial charge in [-0.1, -0.05) is 43.1 Å². The van der Waals surface area contributed by atoms with Crippen LogP contribution in [-0.4, -0.2) is 45.4 Å². The number of fused-ring (bicyclic) bond motifs is 4. The fraction of sp³-hybridized carbons (Fsp3) is 0.375. The number of unbranched alkanes of at least 4 members (excludes halogenated alkanes) is 1. The van der Waals surface area contributed by atoms with Gasteiger partial charge in [0.1, 0.15) is 5.54 Å². The molecule has 3 heterocycles. The summed E-state index contributed by atoms with van der Waals surface area (Å²) >= 11 is 6.34. The van der Waals surface area contributed by atoms with Crippen LogP contribution in [0.25, 0.3) is 0 Å². The number of carbonyl (C=O) groups is 3. The highest BCUT2D eigenvalue weighted by atomic mass is 35.5. The Hall–Kier alpha value is -3.10. The Balaban J connectivity index is 1.61. The smallest absolute Gasteiger partial charge is 0.250 e. The van der Waals surface area contributed by atoms with Crippen LogP contribution < -0.4 is 10.6 Å². The van der Waals surface area contributed by atoms with E-state index in [1.54, 1.807) is 24.3 Å². The summed E-state index contributed by atoms with van der Waals surface area (Å²) in [5.74, 6) is -3.23. The van der Waals surface area contributed by atoms with Gasteiger partial charge in [0.2, 0.25) is 17.7 Å². The van der Waals surface area contributed by atoms with Crippen LogP contribution >= 0.6 is 11.6 Å². The van der Waals surface area contributed by atoms with Crippen molar-refractivity contribution in [1.82, 2.24) is 10.2 Å². The van der Waals surface area contributed by atoms with Gasteiger partial charge in [0.15, 0.2) is 11.5 Å². The molecule has 4 N–H and O–H groups in total. The molecule has 0 aromatic heterocycles. The molecular weight excluding hydrogens is 446 g/mol. The number of hydrogen-bond acceptors (Lipinski definition) is 6. The van der Waals surface area contributed by atoms with Gasteiger partial charge in [-0.15, -0.1) is 0 Å². The van der Waals surface area contributed by atoms with Crippen molar-refractivity contribution in [2.45, 2.75) is 37.8 Å². The molecule has 2 fully saturated rings. The zero-order valence-electron chi connectivity index (χ0n) is 18.0. The Morgan fingerprint density at radius 2 is 1.88 bits per heavy atom. The summed E-state index contributed by atoms with van der Waals surface area (Å²) in [4.78, 5) is 41.8. The third-order valence-electron chi connectivity index (χ3n) is 7.02. The third-order valence-corrected chi connectivity index (χ3v) is 7.34. The van der Waals surface area contributed by atoms with Crippen LogP contribution in [0.2, 0.25) is 5.02 Å². The molecule has 172 valence electrons. The summed E-state index contributed by atoms with van der Waals surface area (Å²) in [5.41, 5.74) is 0.258. The van der Waals surface area contributed by atoms with E-state index in [9.17, 15) is 24.6 Å². The first-order valence-electron chi connectivity index (χ1n) is 11.0. The standard InChI is InChI=1S/C24H24ClN3O5/c1-2-3-9-28-21(31)18-15(10-12-7-8-16(29)17(30)11-12)27-24(19(18)22(28)32)13-5-4-6-14(25)20(13)26-23(24)33/h4-8,11,15,18-19,27,29-30H,2-3,9-10H2,1H3,(H,26,33)/t15-,18-,19+,24-/m1/s1. The van der Waals surface area contributed by atoms with Crippen LogP contribution in [0.15, 0.2) is 36.4 Å². The number of imide groups is 1. The molecule has 0 radical (unpaired) electrons. The molecule has 0 bridgehead atoms. The van der Waals surface area contributed by atoms with Gasteiger partial charge in [0, 0.05) is 18.2 Å². The lowest BCUT2D eigenvalue weighted by atomic mass is 9.76. The third kappa shape index (κ3) is 3.04. The number of benzene rings is 2. The molecular formula is C24H24ClN3O5. The molecule has 2 saturated heterocycles. The number of para-hydroxylation sites is 1. The van der Waals surface area contributed by atoms with E-state index in [0.717, 1.165) is 6.42 Å². The average molecular weight is 470 g/mol. The second-order valence-electron chi connectivity index (χ2n) is 8.89. The monoisotopic (exact) mass is 469 g/mol. The lowest BCUT2D eigenvalue weighted by Gasteiger charge is -2.29. The first kappa shape index (κ1) is 21.7. The molecule has 2 aromatic rings. The van der Waals surface area contributed by atoms with Crippen molar-refractivity contribution in [2.24, 2.45) is 11.8 Å². The lowest BCUT2D eigenvalue weighted by Crippen LogP contribution is -2.53. The molecule has 3 aliphatic heterocycles. The highest BCUT2D eigenvalue weighted by Gasteiger charge is 2.70. The van der Waals surface area contributed by atoms with Crippen molar-refractivity contribution < 1.29 is 24.6 Å².